The van der Waals surface area contributed by atoms with Crippen LogP contribution in [0.1, 0.15) is 12.5 Å². The smallest absolute Gasteiger partial charge is 0.291 e. The van der Waals surface area contributed by atoms with Crippen molar-refractivity contribution in [2.75, 3.05) is 13.2 Å². The number of ether oxygens (including phenoxy) is 2. The Hall–Kier alpha value is -5.02. The Morgan fingerprint density at radius 1 is 0.900 bits per heavy atom. The van der Waals surface area contributed by atoms with Crippen LogP contribution in [0.4, 0.5) is 0 Å². The summed E-state index contributed by atoms with van der Waals surface area (Å²) in [5, 5.41) is 9.36. The van der Waals surface area contributed by atoms with Gasteiger partial charge in [0.1, 0.15) is 23.8 Å². The molecular formula is C31H25N5O3S. The van der Waals surface area contributed by atoms with Crippen molar-refractivity contribution in [1.29, 1.82) is 0 Å². The third-order valence-corrected chi connectivity index (χ3v) is 7.11. The first kappa shape index (κ1) is 25.3. The lowest BCUT2D eigenvalue weighted by Crippen LogP contribution is -2.23. The maximum atomic E-state index is 13.4. The van der Waals surface area contributed by atoms with Gasteiger partial charge in [-0.25, -0.2) is 4.68 Å². The molecule has 6 aromatic rings. The summed E-state index contributed by atoms with van der Waals surface area (Å²) in [7, 11) is 0. The highest BCUT2D eigenvalue weighted by Crippen LogP contribution is 2.27. The Balaban J connectivity index is 1.40. The molecule has 6 rings (SSSR count). The van der Waals surface area contributed by atoms with E-state index in [1.54, 1.807) is 6.08 Å². The zero-order valence-corrected chi connectivity index (χ0v) is 22.5. The van der Waals surface area contributed by atoms with Crippen LogP contribution in [-0.4, -0.2) is 37.6 Å². The maximum Gasteiger partial charge on any atom is 0.291 e. The van der Waals surface area contributed by atoms with Gasteiger partial charge in [-0.3, -0.25) is 4.79 Å². The molecular weight excluding hydrogens is 522 g/mol. The van der Waals surface area contributed by atoms with Gasteiger partial charge in [-0.1, -0.05) is 42.2 Å². The largest absolute Gasteiger partial charge is 0.494 e. The molecule has 0 radical (unpaired) electrons. The Labute approximate surface area is 234 Å². The standard InChI is InChI=1S/C31H25N5O3S/c1-3-18-39-26-14-10-21(11-15-26)28-23(20-35(33-28)24-8-6-5-7-9-24)19-27-30(37)36-31(40-27)32-29(34-36)22-12-16-25(17-13-22)38-4-2/h3,5-17,19-20H,1,4,18H2,2H3. The highest BCUT2D eigenvalue weighted by atomic mass is 32.1. The van der Waals surface area contributed by atoms with E-state index in [2.05, 4.69) is 16.7 Å². The summed E-state index contributed by atoms with van der Waals surface area (Å²) < 4.78 is 14.8. The van der Waals surface area contributed by atoms with Gasteiger partial charge in [0, 0.05) is 22.9 Å². The molecule has 0 saturated carbocycles. The molecule has 0 amide bonds. The molecule has 0 fully saturated rings. The maximum absolute atomic E-state index is 13.4. The van der Waals surface area contributed by atoms with Crippen LogP contribution in [-0.2, 0) is 0 Å². The zero-order valence-electron chi connectivity index (χ0n) is 21.7. The van der Waals surface area contributed by atoms with Crippen molar-refractivity contribution < 1.29 is 9.47 Å². The summed E-state index contributed by atoms with van der Waals surface area (Å²) in [4.78, 5) is 18.5. The quantitative estimate of drug-likeness (QED) is 0.232. The van der Waals surface area contributed by atoms with Gasteiger partial charge in [-0.2, -0.15) is 14.6 Å². The van der Waals surface area contributed by atoms with Gasteiger partial charge in [0.05, 0.1) is 16.8 Å². The Morgan fingerprint density at radius 3 is 2.27 bits per heavy atom. The van der Waals surface area contributed by atoms with Crippen molar-refractivity contribution in [2.24, 2.45) is 0 Å². The fraction of sp³-hybridized carbons (Fsp3) is 0.0968. The predicted octanol–water partition coefficient (Wildman–Crippen LogP) is 5.18. The number of nitrogens with zero attached hydrogens (tertiary/aromatic N) is 5. The number of benzene rings is 3. The molecule has 0 aliphatic heterocycles. The normalized spacial score (nSPS) is 11.7. The second-order valence-corrected chi connectivity index (χ2v) is 9.85. The molecule has 0 atom stereocenters. The Kier molecular flexibility index (Phi) is 6.95. The molecule has 8 nitrogen and oxygen atoms in total. The van der Waals surface area contributed by atoms with Crippen LogP contribution in [0.15, 0.2) is 103 Å². The number of hydrogen-bond acceptors (Lipinski definition) is 7. The highest BCUT2D eigenvalue weighted by molar-refractivity contribution is 7.15. The van der Waals surface area contributed by atoms with E-state index in [0.29, 0.717) is 28.5 Å². The number of rotatable bonds is 9. The van der Waals surface area contributed by atoms with Crippen LogP contribution in [0.25, 0.3) is 39.4 Å². The summed E-state index contributed by atoms with van der Waals surface area (Å²) in [5.41, 5.74) is 3.95. The van der Waals surface area contributed by atoms with Crippen LogP contribution in [0.2, 0.25) is 0 Å². The van der Waals surface area contributed by atoms with Crippen molar-refractivity contribution in [1.82, 2.24) is 24.4 Å². The average molecular weight is 548 g/mol. The van der Waals surface area contributed by atoms with Crippen molar-refractivity contribution in [3.63, 3.8) is 0 Å². The van der Waals surface area contributed by atoms with Crippen LogP contribution in [0.5, 0.6) is 11.5 Å². The fourth-order valence-electron chi connectivity index (χ4n) is 4.26. The van der Waals surface area contributed by atoms with Gasteiger partial charge >= 0.3 is 0 Å². The topological polar surface area (TPSA) is 83.5 Å². The van der Waals surface area contributed by atoms with Gasteiger partial charge in [-0.15, -0.1) is 5.10 Å². The summed E-state index contributed by atoms with van der Waals surface area (Å²) in [6.45, 7) is 6.66. The van der Waals surface area contributed by atoms with Crippen molar-refractivity contribution in [2.45, 2.75) is 6.92 Å². The Bertz CT molecular complexity index is 1890. The van der Waals surface area contributed by atoms with E-state index >= 15 is 0 Å². The van der Waals surface area contributed by atoms with E-state index in [1.165, 1.54) is 15.9 Å². The van der Waals surface area contributed by atoms with Crippen LogP contribution in [0, 0.1) is 0 Å². The summed E-state index contributed by atoms with van der Waals surface area (Å²) >= 11 is 1.30. The number of fused-ring (bicyclic) bond motifs is 1. The minimum atomic E-state index is -0.226. The van der Waals surface area contributed by atoms with Gasteiger partial charge in [0.2, 0.25) is 4.96 Å². The van der Waals surface area contributed by atoms with E-state index in [9.17, 15) is 4.79 Å². The number of aromatic nitrogens is 5. The molecule has 0 unspecified atom stereocenters. The summed E-state index contributed by atoms with van der Waals surface area (Å²) in [6, 6.07) is 25.1. The number of hydrogen-bond donors (Lipinski definition) is 0. The summed E-state index contributed by atoms with van der Waals surface area (Å²) in [6.07, 6.45) is 5.48. The molecule has 3 aromatic heterocycles. The van der Waals surface area contributed by atoms with Gasteiger partial charge in [0.25, 0.3) is 5.56 Å². The average Bonchev–Trinajstić information content (AvgIpc) is 3.68. The lowest BCUT2D eigenvalue weighted by Gasteiger charge is -2.04. The minimum Gasteiger partial charge on any atom is -0.494 e. The van der Waals surface area contributed by atoms with Gasteiger partial charge in [-0.05, 0) is 73.7 Å². The van der Waals surface area contributed by atoms with Gasteiger partial charge < -0.3 is 9.47 Å². The molecule has 0 N–H and O–H groups in total. The Morgan fingerprint density at radius 2 is 1.60 bits per heavy atom. The monoisotopic (exact) mass is 547 g/mol. The fourth-order valence-corrected chi connectivity index (χ4v) is 5.16. The molecule has 0 bridgehead atoms. The third-order valence-electron chi connectivity index (χ3n) is 6.15. The predicted molar refractivity (Wildman–Crippen MR) is 157 cm³/mol. The first-order valence-electron chi connectivity index (χ1n) is 12.8. The first-order valence-corrected chi connectivity index (χ1v) is 13.6. The van der Waals surface area contributed by atoms with Gasteiger partial charge in [0.15, 0.2) is 5.82 Å². The first-order chi connectivity index (χ1) is 19.6. The molecule has 0 aliphatic rings. The van der Waals surface area contributed by atoms with E-state index in [-0.39, 0.29) is 5.56 Å². The van der Waals surface area contributed by atoms with Crippen molar-refractivity contribution in [3.8, 4) is 39.8 Å². The lowest BCUT2D eigenvalue weighted by molar-refractivity contribution is 0.340. The molecule has 3 aromatic carbocycles. The molecule has 0 spiro atoms. The zero-order chi connectivity index (χ0) is 27.5. The molecule has 198 valence electrons. The van der Waals surface area contributed by atoms with Crippen molar-refractivity contribution in [3.05, 3.63) is 118 Å². The third kappa shape index (κ3) is 5.02. The van der Waals surface area contributed by atoms with Crippen LogP contribution in [0.3, 0.4) is 0 Å². The van der Waals surface area contributed by atoms with Crippen molar-refractivity contribution >= 4 is 22.4 Å². The van der Waals surface area contributed by atoms with Crippen LogP contribution < -0.4 is 19.6 Å². The molecule has 0 aliphatic carbocycles. The second-order valence-electron chi connectivity index (χ2n) is 8.84. The molecule has 9 heteroatoms. The molecule has 0 saturated heterocycles. The SMILES string of the molecule is C=CCOc1ccc(-c2nn(-c3ccccc3)cc2C=c2sc3nc(-c4ccc(OCC)cc4)nn3c2=O)cc1. The molecule has 40 heavy (non-hydrogen) atoms. The van der Waals surface area contributed by atoms with E-state index in [0.717, 1.165) is 39.6 Å². The van der Waals surface area contributed by atoms with E-state index in [4.69, 9.17) is 14.6 Å². The van der Waals surface area contributed by atoms with E-state index in [1.807, 2.05) is 103 Å². The lowest BCUT2D eigenvalue weighted by atomic mass is 10.1. The molecule has 3 heterocycles. The highest BCUT2D eigenvalue weighted by Gasteiger charge is 2.15. The summed E-state index contributed by atoms with van der Waals surface area (Å²) in [5.74, 6) is 2.01. The van der Waals surface area contributed by atoms with E-state index < -0.39 is 0 Å². The second kappa shape index (κ2) is 11.0. The van der Waals surface area contributed by atoms with Crippen LogP contribution >= 0.6 is 11.3 Å². The number of thiazole rings is 1. The number of para-hydroxylation sites is 1. The minimum absolute atomic E-state index is 0.226.